The minimum Gasteiger partial charge on any atom is -0.490 e. The van der Waals surface area contributed by atoms with Crippen molar-refractivity contribution < 1.29 is 4.74 Å². The van der Waals surface area contributed by atoms with Crippen molar-refractivity contribution in [1.82, 2.24) is 25.0 Å². The second kappa shape index (κ2) is 6.09. The molecule has 3 rings (SSSR count). The smallest absolute Gasteiger partial charge is 0.159 e. The highest BCUT2D eigenvalue weighted by Crippen LogP contribution is 2.24. The molecule has 2 aromatic heterocycles. The van der Waals surface area contributed by atoms with E-state index >= 15 is 0 Å². The predicted octanol–water partition coefficient (Wildman–Crippen LogP) is 2.26. The second-order valence-electron chi connectivity index (χ2n) is 4.43. The van der Waals surface area contributed by atoms with Gasteiger partial charge in [-0.15, -0.1) is 5.10 Å². The van der Waals surface area contributed by atoms with E-state index < -0.39 is 0 Å². The number of ether oxygens (including phenoxy) is 1. The maximum absolute atomic E-state index is 5.76. The first-order valence-corrected chi connectivity index (χ1v) is 7.95. The summed E-state index contributed by atoms with van der Waals surface area (Å²) in [6, 6.07) is 7.61. The van der Waals surface area contributed by atoms with Crippen molar-refractivity contribution in [3.8, 4) is 11.6 Å². The molecule has 3 aromatic rings. The summed E-state index contributed by atoms with van der Waals surface area (Å²) in [6.07, 6.45) is 3.77. The van der Waals surface area contributed by atoms with Gasteiger partial charge in [-0.1, -0.05) is 11.3 Å². The molecule has 108 valence electrons. The monoisotopic (exact) mass is 301 g/mol. The first kappa shape index (κ1) is 13.8. The Balaban J connectivity index is 2.01. The summed E-state index contributed by atoms with van der Waals surface area (Å²) in [5, 5.41) is 8.41. The number of hydrogen-bond acceptors (Lipinski definition) is 6. The van der Waals surface area contributed by atoms with Gasteiger partial charge in [0.1, 0.15) is 17.1 Å². The zero-order chi connectivity index (χ0) is 14.7. The number of benzene rings is 1. The van der Waals surface area contributed by atoms with Gasteiger partial charge in [0.25, 0.3) is 0 Å². The van der Waals surface area contributed by atoms with Crippen molar-refractivity contribution >= 4 is 22.8 Å². The van der Waals surface area contributed by atoms with Crippen LogP contribution in [0.25, 0.3) is 16.9 Å². The molecule has 0 N–H and O–H groups in total. The fourth-order valence-electron chi connectivity index (χ4n) is 2.00. The molecule has 0 unspecified atom stereocenters. The number of rotatable bonds is 5. The van der Waals surface area contributed by atoms with E-state index in [9.17, 15) is 0 Å². The molecule has 0 aliphatic rings. The molecule has 0 spiro atoms. The van der Waals surface area contributed by atoms with Gasteiger partial charge in [0.2, 0.25) is 0 Å². The molecule has 1 aromatic carbocycles. The van der Waals surface area contributed by atoms with Crippen LogP contribution < -0.4 is 4.74 Å². The van der Waals surface area contributed by atoms with E-state index in [1.54, 1.807) is 22.6 Å². The first-order chi connectivity index (χ1) is 10.3. The van der Waals surface area contributed by atoms with Crippen LogP contribution in [0.2, 0.25) is 0 Å². The third-order valence-corrected chi connectivity index (χ3v) is 3.54. The van der Waals surface area contributed by atoms with Crippen LogP contribution in [0.1, 0.15) is 5.82 Å². The van der Waals surface area contributed by atoms with Crippen molar-refractivity contribution in [2.75, 3.05) is 18.6 Å². The molecule has 2 heterocycles. The van der Waals surface area contributed by atoms with Crippen LogP contribution in [0.3, 0.4) is 0 Å². The van der Waals surface area contributed by atoms with Gasteiger partial charge in [-0.2, -0.15) is 16.4 Å². The number of fused-ring (bicyclic) bond motifs is 1. The summed E-state index contributed by atoms with van der Waals surface area (Å²) in [7, 11) is 0. The molecule has 7 heteroatoms. The zero-order valence-corrected chi connectivity index (χ0v) is 12.7. The first-order valence-electron chi connectivity index (χ1n) is 6.56. The van der Waals surface area contributed by atoms with Gasteiger partial charge in [-0.3, -0.25) is 0 Å². The van der Waals surface area contributed by atoms with E-state index in [0.29, 0.717) is 18.2 Å². The molecular formula is C14H15N5OS. The Morgan fingerprint density at radius 3 is 3.00 bits per heavy atom. The number of nitrogens with zero attached hydrogens (tertiary/aromatic N) is 5. The lowest BCUT2D eigenvalue weighted by molar-refractivity contribution is 0.347. The molecule has 6 nitrogen and oxygen atoms in total. The summed E-state index contributed by atoms with van der Waals surface area (Å²) in [6.45, 7) is 2.50. The summed E-state index contributed by atoms with van der Waals surface area (Å²) in [5.74, 6) is 3.09. The highest BCUT2D eigenvalue weighted by molar-refractivity contribution is 7.98. The Bertz CT molecular complexity index is 758. The fourth-order valence-corrected chi connectivity index (χ4v) is 2.25. The summed E-state index contributed by atoms with van der Waals surface area (Å²) >= 11 is 1.75. The van der Waals surface area contributed by atoms with Gasteiger partial charge in [0.15, 0.2) is 11.3 Å². The van der Waals surface area contributed by atoms with E-state index in [1.807, 2.05) is 31.2 Å². The number of aromatic nitrogens is 5. The van der Waals surface area contributed by atoms with Crippen molar-refractivity contribution in [3.05, 3.63) is 36.3 Å². The number of aryl methyl sites for hydroxylation is 1. The summed E-state index contributed by atoms with van der Waals surface area (Å²) in [4.78, 5) is 8.47. The summed E-state index contributed by atoms with van der Waals surface area (Å²) in [5.41, 5.74) is 1.62. The van der Waals surface area contributed by atoms with Crippen LogP contribution in [-0.2, 0) is 0 Å². The van der Waals surface area contributed by atoms with Gasteiger partial charge in [-0.25, -0.2) is 9.97 Å². The SMILES string of the molecule is CSCCOc1cccc2c1nnn2-c1ccnc(C)n1. The standard InChI is InChI=1S/C14H15N5OS/c1-10-15-7-6-13(16-10)19-11-4-3-5-12(14(11)17-18-19)20-8-9-21-2/h3-7H,8-9H2,1-2H3. The molecule has 0 radical (unpaired) electrons. The van der Waals surface area contributed by atoms with E-state index in [-0.39, 0.29) is 0 Å². The minimum absolute atomic E-state index is 0.653. The van der Waals surface area contributed by atoms with Gasteiger partial charge >= 0.3 is 0 Å². The van der Waals surface area contributed by atoms with Crippen LogP contribution in [0, 0.1) is 6.92 Å². The second-order valence-corrected chi connectivity index (χ2v) is 5.41. The molecule has 21 heavy (non-hydrogen) atoms. The molecule has 0 saturated carbocycles. The van der Waals surface area contributed by atoms with Gasteiger partial charge in [-0.05, 0) is 25.3 Å². The Kier molecular flexibility index (Phi) is 4.01. The third-order valence-electron chi connectivity index (χ3n) is 2.96. The number of thioether (sulfide) groups is 1. The average molecular weight is 301 g/mol. The zero-order valence-electron chi connectivity index (χ0n) is 11.9. The predicted molar refractivity (Wildman–Crippen MR) is 83.1 cm³/mol. The van der Waals surface area contributed by atoms with Crippen LogP contribution >= 0.6 is 11.8 Å². The highest BCUT2D eigenvalue weighted by Gasteiger charge is 2.12. The highest BCUT2D eigenvalue weighted by atomic mass is 32.2. The van der Waals surface area contributed by atoms with Crippen molar-refractivity contribution in [1.29, 1.82) is 0 Å². The molecule has 0 amide bonds. The van der Waals surface area contributed by atoms with Gasteiger partial charge in [0.05, 0.1) is 6.61 Å². The van der Waals surface area contributed by atoms with E-state index in [4.69, 9.17) is 4.74 Å². The Morgan fingerprint density at radius 1 is 1.29 bits per heavy atom. The lowest BCUT2D eigenvalue weighted by atomic mass is 10.3. The average Bonchev–Trinajstić information content (AvgIpc) is 2.92. The maximum Gasteiger partial charge on any atom is 0.159 e. The molecule has 0 aliphatic carbocycles. The van der Waals surface area contributed by atoms with Crippen LogP contribution in [-0.4, -0.2) is 43.6 Å². The lowest BCUT2D eigenvalue weighted by Crippen LogP contribution is -2.02. The van der Waals surface area contributed by atoms with Crippen LogP contribution in [0.5, 0.6) is 5.75 Å². The van der Waals surface area contributed by atoms with Crippen molar-refractivity contribution in [3.63, 3.8) is 0 Å². The van der Waals surface area contributed by atoms with Crippen LogP contribution in [0.4, 0.5) is 0 Å². The molecular weight excluding hydrogens is 286 g/mol. The fraction of sp³-hybridized carbons (Fsp3) is 0.286. The Labute approximate surface area is 126 Å². The number of hydrogen-bond donors (Lipinski definition) is 0. The Morgan fingerprint density at radius 2 is 2.19 bits per heavy atom. The van der Waals surface area contributed by atoms with Crippen LogP contribution in [0.15, 0.2) is 30.5 Å². The molecule has 0 saturated heterocycles. The normalized spacial score (nSPS) is 11.0. The topological polar surface area (TPSA) is 65.7 Å². The van der Waals surface area contributed by atoms with Crippen molar-refractivity contribution in [2.24, 2.45) is 0 Å². The minimum atomic E-state index is 0.653. The Hall–Kier alpha value is -2.15. The summed E-state index contributed by atoms with van der Waals surface area (Å²) < 4.78 is 7.46. The van der Waals surface area contributed by atoms with Gasteiger partial charge in [0, 0.05) is 18.0 Å². The van der Waals surface area contributed by atoms with E-state index in [1.165, 1.54) is 0 Å². The van der Waals surface area contributed by atoms with E-state index in [2.05, 4.69) is 26.5 Å². The van der Waals surface area contributed by atoms with E-state index in [0.717, 1.165) is 22.5 Å². The van der Waals surface area contributed by atoms with Gasteiger partial charge < -0.3 is 4.74 Å². The molecule has 0 bridgehead atoms. The molecule has 0 fully saturated rings. The largest absolute Gasteiger partial charge is 0.490 e. The maximum atomic E-state index is 5.76. The van der Waals surface area contributed by atoms with Crippen molar-refractivity contribution in [2.45, 2.75) is 6.92 Å². The molecule has 0 atom stereocenters. The third kappa shape index (κ3) is 2.82. The quantitative estimate of drug-likeness (QED) is 0.673. The molecule has 0 aliphatic heterocycles. The lowest BCUT2D eigenvalue weighted by Gasteiger charge is -2.05.